The van der Waals surface area contributed by atoms with Gasteiger partial charge in [-0.1, -0.05) is 42.5 Å². The van der Waals surface area contributed by atoms with Gasteiger partial charge in [0.25, 0.3) is 0 Å². The van der Waals surface area contributed by atoms with Crippen LogP contribution in [0.25, 0.3) is 0 Å². The summed E-state index contributed by atoms with van der Waals surface area (Å²) in [7, 11) is 1.64. The van der Waals surface area contributed by atoms with Crippen molar-refractivity contribution in [2.24, 2.45) is 0 Å². The third kappa shape index (κ3) is 4.90. The van der Waals surface area contributed by atoms with E-state index in [0.717, 1.165) is 16.9 Å². The van der Waals surface area contributed by atoms with Crippen LogP contribution in [-0.4, -0.2) is 19.0 Å². The van der Waals surface area contributed by atoms with Gasteiger partial charge in [-0.25, -0.2) is 0 Å². The molecule has 2 N–H and O–H groups in total. The Balaban J connectivity index is 1.81. The van der Waals surface area contributed by atoms with Crippen LogP contribution in [0.5, 0.6) is 5.75 Å². The van der Waals surface area contributed by atoms with Gasteiger partial charge in [0.1, 0.15) is 12.4 Å². The Hall–Kier alpha value is -2.33. The van der Waals surface area contributed by atoms with E-state index >= 15 is 0 Å². The van der Waals surface area contributed by atoms with Gasteiger partial charge in [0, 0.05) is 13.6 Å². The average Bonchev–Trinajstić information content (AvgIpc) is 2.59. The lowest BCUT2D eigenvalue weighted by atomic mass is 10.2. The van der Waals surface area contributed by atoms with Crippen molar-refractivity contribution in [1.82, 2.24) is 10.6 Å². The number of nitrogens with one attached hydrogen (secondary N) is 2. The summed E-state index contributed by atoms with van der Waals surface area (Å²) >= 11 is 0. The number of hydrogen-bond acceptors (Lipinski definition) is 3. The molecular weight excluding hydrogens is 276 g/mol. The molecule has 1 unspecified atom stereocenters. The number of carbonyl (C=O) groups excluding carboxylic acids is 1. The molecule has 0 aliphatic heterocycles. The number of amides is 1. The summed E-state index contributed by atoms with van der Waals surface area (Å²) in [5.74, 6) is 0.828. The van der Waals surface area contributed by atoms with Gasteiger partial charge in [0.15, 0.2) is 0 Å². The zero-order valence-corrected chi connectivity index (χ0v) is 13.0. The number of likely N-dealkylation sites (N-methyl/N-ethyl adjacent to an activating group) is 1. The fourth-order valence-corrected chi connectivity index (χ4v) is 2.02. The van der Waals surface area contributed by atoms with Crippen molar-refractivity contribution in [2.45, 2.75) is 26.1 Å². The average molecular weight is 298 g/mol. The summed E-state index contributed by atoms with van der Waals surface area (Å²) < 4.78 is 5.74. The third-order valence-electron chi connectivity index (χ3n) is 3.42. The van der Waals surface area contributed by atoms with E-state index in [1.807, 2.05) is 61.5 Å². The van der Waals surface area contributed by atoms with E-state index in [-0.39, 0.29) is 11.9 Å². The Kier molecular flexibility index (Phi) is 5.98. The molecule has 0 saturated carbocycles. The normalized spacial score (nSPS) is 11.7. The van der Waals surface area contributed by atoms with Gasteiger partial charge in [0.2, 0.25) is 5.91 Å². The maximum absolute atomic E-state index is 11.4. The first-order valence-electron chi connectivity index (χ1n) is 7.39. The highest BCUT2D eigenvalue weighted by Crippen LogP contribution is 2.14. The Labute approximate surface area is 131 Å². The van der Waals surface area contributed by atoms with Crippen LogP contribution >= 0.6 is 0 Å². The minimum atomic E-state index is -0.209. The molecule has 0 spiro atoms. The molecule has 0 aliphatic carbocycles. The lowest BCUT2D eigenvalue weighted by Gasteiger charge is -2.12. The van der Waals surface area contributed by atoms with Gasteiger partial charge in [0.05, 0.1) is 6.04 Å². The molecule has 0 bridgehead atoms. The maximum Gasteiger partial charge on any atom is 0.236 e. The van der Waals surface area contributed by atoms with Crippen LogP contribution in [0.15, 0.2) is 54.6 Å². The molecular formula is C18H22N2O2. The number of carbonyl (C=O) groups is 1. The lowest BCUT2D eigenvalue weighted by Crippen LogP contribution is -2.40. The van der Waals surface area contributed by atoms with E-state index in [9.17, 15) is 4.79 Å². The highest BCUT2D eigenvalue weighted by molar-refractivity contribution is 5.80. The number of rotatable bonds is 7. The van der Waals surface area contributed by atoms with Crippen LogP contribution in [0, 0.1) is 0 Å². The Bertz CT molecular complexity index is 582. The summed E-state index contributed by atoms with van der Waals surface area (Å²) in [4.78, 5) is 11.4. The van der Waals surface area contributed by atoms with Crippen LogP contribution in [-0.2, 0) is 17.9 Å². The molecule has 1 atom stereocenters. The molecule has 2 aromatic carbocycles. The molecule has 2 rings (SSSR count). The molecule has 4 heteroatoms. The van der Waals surface area contributed by atoms with Gasteiger partial charge in [-0.2, -0.15) is 0 Å². The molecule has 0 heterocycles. The molecule has 0 aromatic heterocycles. The minimum Gasteiger partial charge on any atom is -0.489 e. The second-order valence-corrected chi connectivity index (χ2v) is 5.14. The third-order valence-corrected chi connectivity index (χ3v) is 3.42. The number of ether oxygens (including phenoxy) is 1. The smallest absolute Gasteiger partial charge is 0.236 e. The van der Waals surface area contributed by atoms with Crippen molar-refractivity contribution >= 4 is 5.91 Å². The molecule has 0 saturated heterocycles. The molecule has 0 radical (unpaired) electrons. The summed E-state index contributed by atoms with van der Waals surface area (Å²) in [6.45, 7) is 3.05. The maximum atomic E-state index is 11.4. The predicted molar refractivity (Wildman–Crippen MR) is 87.6 cm³/mol. The van der Waals surface area contributed by atoms with Gasteiger partial charge in [-0.05, 0) is 30.2 Å². The van der Waals surface area contributed by atoms with Crippen molar-refractivity contribution in [3.05, 3.63) is 65.7 Å². The van der Waals surface area contributed by atoms with Crippen LogP contribution in [0.2, 0.25) is 0 Å². The monoisotopic (exact) mass is 298 g/mol. The molecule has 2 aromatic rings. The minimum absolute atomic E-state index is 0.0113. The van der Waals surface area contributed by atoms with Crippen LogP contribution in [0.1, 0.15) is 18.1 Å². The predicted octanol–water partition coefficient (Wildman–Crippen LogP) is 2.49. The summed E-state index contributed by atoms with van der Waals surface area (Å²) in [6, 6.07) is 17.8. The molecule has 1 amide bonds. The fraction of sp³-hybridized carbons (Fsp3) is 0.278. The molecule has 4 nitrogen and oxygen atoms in total. The highest BCUT2D eigenvalue weighted by Gasteiger charge is 2.09. The second kappa shape index (κ2) is 8.20. The van der Waals surface area contributed by atoms with Crippen LogP contribution in [0.4, 0.5) is 0 Å². The zero-order valence-electron chi connectivity index (χ0n) is 13.0. The first-order valence-corrected chi connectivity index (χ1v) is 7.39. The van der Waals surface area contributed by atoms with E-state index in [1.165, 1.54) is 0 Å². The number of benzene rings is 2. The zero-order chi connectivity index (χ0) is 15.8. The van der Waals surface area contributed by atoms with Crippen molar-refractivity contribution in [2.75, 3.05) is 7.05 Å². The fourth-order valence-electron chi connectivity index (χ4n) is 2.02. The van der Waals surface area contributed by atoms with E-state index < -0.39 is 0 Å². The van der Waals surface area contributed by atoms with E-state index in [2.05, 4.69) is 10.6 Å². The van der Waals surface area contributed by atoms with E-state index in [1.54, 1.807) is 7.05 Å². The van der Waals surface area contributed by atoms with Crippen molar-refractivity contribution in [3.8, 4) is 5.75 Å². The van der Waals surface area contributed by atoms with Crippen molar-refractivity contribution in [3.63, 3.8) is 0 Å². The Morgan fingerprint density at radius 2 is 1.73 bits per heavy atom. The number of hydrogen-bond donors (Lipinski definition) is 2. The van der Waals surface area contributed by atoms with Gasteiger partial charge >= 0.3 is 0 Å². The van der Waals surface area contributed by atoms with Crippen molar-refractivity contribution in [1.29, 1.82) is 0 Å². The standard InChI is InChI=1S/C18H22N2O2/c1-14(18(21)19-2)20-12-15-8-10-17(11-9-15)22-13-16-6-4-3-5-7-16/h3-11,14,20H,12-13H2,1-2H3,(H,19,21). The van der Waals surface area contributed by atoms with Gasteiger partial charge in [-0.3, -0.25) is 4.79 Å². The van der Waals surface area contributed by atoms with E-state index in [0.29, 0.717) is 13.2 Å². The largest absolute Gasteiger partial charge is 0.489 e. The molecule has 0 fully saturated rings. The van der Waals surface area contributed by atoms with Gasteiger partial charge < -0.3 is 15.4 Å². The quantitative estimate of drug-likeness (QED) is 0.825. The van der Waals surface area contributed by atoms with Crippen molar-refractivity contribution < 1.29 is 9.53 Å². The van der Waals surface area contributed by atoms with Crippen LogP contribution < -0.4 is 15.4 Å². The first-order chi connectivity index (χ1) is 10.7. The Morgan fingerprint density at radius 3 is 2.36 bits per heavy atom. The highest BCUT2D eigenvalue weighted by atomic mass is 16.5. The Morgan fingerprint density at radius 1 is 1.05 bits per heavy atom. The summed E-state index contributed by atoms with van der Waals surface area (Å²) in [5, 5.41) is 5.80. The van der Waals surface area contributed by atoms with Gasteiger partial charge in [-0.15, -0.1) is 0 Å². The summed E-state index contributed by atoms with van der Waals surface area (Å²) in [6.07, 6.45) is 0. The second-order valence-electron chi connectivity index (χ2n) is 5.14. The lowest BCUT2D eigenvalue weighted by molar-refractivity contribution is -0.122. The summed E-state index contributed by atoms with van der Waals surface area (Å²) in [5.41, 5.74) is 2.26. The molecule has 116 valence electrons. The first kappa shape index (κ1) is 16.0. The molecule has 22 heavy (non-hydrogen) atoms. The topological polar surface area (TPSA) is 50.4 Å². The molecule has 0 aliphatic rings. The van der Waals surface area contributed by atoms with Crippen LogP contribution in [0.3, 0.4) is 0 Å². The SMILES string of the molecule is CNC(=O)C(C)NCc1ccc(OCc2ccccc2)cc1. The van der Waals surface area contributed by atoms with E-state index in [4.69, 9.17) is 4.74 Å².